The fourth-order valence-corrected chi connectivity index (χ4v) is 4.04. The topological polar surface area (TPSA) is 63.9 Å². The number of carbonyl (C=O) groups excluding carboxylic acids is 1. The van der Waals surface area contributed by atoms with Gasteiger partial charge in [-0.2, -0.15) is 0 Å². The first-order chi connectivity index (χ1) is 10.2. The number of hydrogen-bond donors (Lipinski definition) is 0. The van der Waals surface area contributed by atoms with E-state index in [1.807, 2.05) is 24.3 Å². The molecule has 3 fully saturated rings. The van der Waals surface area contributed by atoms with Crippen molar-refractivity contribution in [2.45, 2.75) is 17.8 Å². The van der Waals surface area contributed by atoms with E-state index in [1.54, 1.807) is 0 Å². The van der Waals surface area contributed by atoms with E-state index in [0.717, 1.165) is 39.7 Å². The molecule has 0 bridgehead atoms. The molecule has 1 aromatic carbocycles. The summed E-state index contributed by atoms with van der Waals surface area (Å²) in [7, 11) is 0. The highest BCUT2D eigenvalue weighted by Gasteiger charge is 2.85. The van der Waals surface area contributed by atoms with Gasteiger partial charge in [0.15, 0.2) is 17.3 Å². The average Bonchev–Trinajstić information content (AvgIpc) is 3.35. The predicted octanol–water partition coefficient (Wildman–Crippen LogP) is 1.85. The van der Waals surface area contributed by atoms with Crippen LogP contribution in [0.3, 0.4) is 0 Å². The second kappa shape index (κ2) is 2.24. The summed E-state index contributed by atoms with van der Waals surface area (Å²) in [6.07, 6.45) is 4.01. The number of cyclic esters (lactones) is 1. The Morgan fingerprint density at radius 2 is 2.14 bits per heavy atom. The molecule has 6 aliphatic rings. The lowest BCUT2D eigenvalue weighted by Crippen LogP contribution is -2.32. The van der Waals surface area contributed by atoms with Crippen molar-refractivity contribution in [3.8, 4) is 0 Å². The molecule has 5 heteroatoms. The minimum absolute atomic E-state index is 0.260. The largest absolute Gasteiger partial charge is 0.469 e. The predicted molar refractivity (Wildman–Crippen MR) is 66.3 cm³/mol. The second-order valence-corrected chi connectivity index (χ2v) is 6.03. The van der Waals surface area contributed by atoms with Crippen molar-refractivity contribution < 1.29 is 23.7 Å². The van der Waals surface area contributed by atoms with Crippen LogP contribution in [0.2, 0.25) is 0 Å². The van der Waals surface area contributed by atoms with Crippen LogP contribution < -0.4 is 0 Å². The maximum absolute atomic E-state index is 11.7. The van der Waals surface area contributed by atoms with E-state index in [1.165, 1.54) is 0 Å². The number of fused-ring (bicyclic) bond motifs is 4. The summed E-state index contributed by atoms with van der Waals surface area (Å²) >= 11 is 0. The van der Waals surface area contributed by atoms with Crippen LogP contribution in [0.5, 0.6) is 0 Å². The molecule has 1 aromatic rings. The van der Waals surface area contributed by atoms with Crippen LogP contribution in [0.15, 0.2) is 41.2 Å². The Kier molecular flexibility index (Phi) is 0.992. The van der Waals surface area contributed by atoms with Crippen LogP contribution in [0.1, 0.15) is 27.0 Å². The molecule has 0 radical (unpaired) electrons. The molecule has 2 atom stereocenters. The fourth-order valence-electron chi connectivity index (χ4n) is 4.04. The Bertz CT molecular complexity index is 950. The fraction of sp³-hybridized carbons (Fsp3) is 0.188. The Morgan fingerprint density at radius 3 is 3.10 bits per heavy atom. The number of hydrogen-bond acceptors (Lipinski definition) is 5. The molecule has 3 saturated heterocycles. The highest BCUT2D eigenvalue weighted by atomic mass is 16.7. The zero-order valence-electron chi connectivity index (χ0n) is 10.6. The van der Waals surface area contributed by atoms with Crippen LogP contribution >= 0.6 is 0 Å². The molecular formula is C16H6O5. The molecule has 2 aliphatic carbocycles. The number of rotatable bonds is 0. The van der Waals surface area contributed by atoms with Crippen molar-refractivity contribution in [1.82, 2.24) is 0 Å². The summed E-state index contributed by atoms with van der Waals surface area (Å²) in [5.74, 6) is 3.18. The van der Waals surface area contributed by atoms with Crippen LogP contribution in [0.4, 0.5) is 0 Å². The van der Waals surface area contributed by atoms with Gasteiger partial charge in [0.1, 0.15) is 6.61 Å². The molecule has 2 unspecified atom stereocenters. The summed E-state index contributed by atoms with van der Waals surface area (Å²) in [4.78, 5) is 11.7. The van der Waals surface area contributed by atoms with Crippen LogP contribution in [0, 0.1) is 0 Å². The minimum atomic E-state index is -0.581. The monoisotopic (exact) mass is 278 g/mol. The molecule has 5 nitrogen and oxygen atoms in total. The first kappa shape index (κ1) is 9.28. The molecule has 100 valence electrons. The first-order valence-electron chi connectivity index (χ1n) is 6.84. The van der Waals surface area contributed by atoms with E-state index in [-0.39, 0.29) is 5.97 Å². The van der Waals surface area contributed by atoms with E-state index in [4.69, 9.17) is 18.9 Å². The van der Waals surface area contributed by atoms with Gasteiger partial charge in [-0.3, -0.25) is 0 Å². The lowest BCUT2D eigenvalue weighted by Gasteiger charge is -2.20. The minimum Gasteiger partial charge on any atom is -0.469 e. The SMILES string of the molecule is O=C1OCc2c1ccc1c2C=C2OC23C=C2OC2=C2OC213. The number of epoxide rings is 3. The lowest BCUT2D eigenvalue weighted by atomic mass is 9.74. The molecule has 2 spiro atoms. The molecule has 4 aliphatic heterocycles. The van der Waals surface area contributed by atoms with E-state index in [0.29, 0.717) is 12.2 Å². The van der Waals surface area contributed by atoms with Gasteiger partial charge in [0, 0.05) is 17.2 Å². The number of ether oxygens (including phenoxy) is 4. The molecule has 21 heavy (non-hydrogen) atoms. The smallest absolute Gasteiger partial charge is 0.338 e. The van der Waals surface area contributed by atoms with Crippen molar-refractivity contribution in [1.29, 1.82) is 0 Å². The van der Waals surface area contributed by atoms with Gasteiger partial charge in [-0.05, 0) is 17.7 Å². The van der Waals surface area contributed by atoms with Crippen molar-refractivity contribution in [2.24, 2.45) is 0 Å². The zero-order chi connectivity index (χ0) is 13.6. The Balaban J connectivity index is 1.61. The van der Waals surface area contributed by atoms with Gasteiger partial charge in [0.05, 0.1) is 5.56 Å². The molecule has 0 saturated carbocycles. The molecule has 7 rings (SSSR count). The van der Waals surface area contributed by atoms with Gasteiger partial charge in [-0.25, -0.2) is 4.79 Å². The Labute approximate surface area is 118 Å². The summed E-state index contributed by atoms with van der Waals surface area (Å²) < 4.78 is 22.5. The third-order valence-corrected chi connectivity index (χ3v) is 5.17. The molecular weight excluding hydrogens is 272 g/mol. The summed E-state index contributed by atoms with van der Waals surface area (Å²) in [5, 5.41) is 0. The molecule has 0 amide bonds. The third-order valence-electron chi connectivity index (χ3n) is 5.17. The normalized spacial score (nSPS) is 36.9. The van der Waals surface area contributed by atoms with E-state index >= 15 is 0 Å². The van der Waals surface area contributed by atoms with Crippen molar-refractivity contribution in [3.05, 3.63) is 63.5 Å². The van der Waals surface area contributed by atoms with E-state index < -0.39 is 11.2 Å². The van der Waals surface area contributed by atoms with Gasteiger partial charge >= 0.3 is 5.97 Å². The molecule has 0 N–H and O–H groups in total. The summed E-state index contributed by atoms with van der Waals surface area (Å²) in [5.41, 5.74) is 2.49. The summed E-state index contributed by atoms with van der Waals surface area (Å²) in [6.45, 7) is 0.313. The highest BCUT2D eigenvalue weighted by molar-refractivity contribution is 5.96. The highest BCUT2D eigenvalue weighted by Crippen LogP contribution is 2.76. The van der Waals surface area contributed by atoms with Crippen molar-refractivity contribution in [3.63, 3.8) is 0 Å². The van der Waals surface area contributed by atoms with E-state index in [2.05, 4.69) is 0 Å². The molecule has 0 aromatic heterocycles. The standard InChI is InChI=1S/C16H6O5/c17-14-6-1-2-9-7(8(6)5-18-14)3-11-15(20-11)4-10-12(19-10)13-16(9,15)21-13/h1-4H,5H2. The van der Waals surface area contributed by atoms with Crippen LogP contribution in [-0.4, -0.2) is 11.6 Å². The van der Waals surface area contributed by atoms with E-state index in [9.17, 15) is 4.79 Å². The second-order valence-electron chi connectivity index (χ2n) is 6.03. The van der Waals surface area contributed by atoms with Crippen LogP contribution in [-0.2, 0) is 31.2 Å². The van der Waals surface area contributed by atoms with Gasteiger partial charge in [0.25, 0.3) is 0 Å². The third kappa shape index (κ3) is 0.715. The molecule has 4 heterocycles. The maximum atomic E-state index is 11.7. The summed E-state index contributed by atoms with van der Waals surface area (Å²) in [6, 6.07) is 3.77. The Hall–Kier alpha value is -2.69. The van der Waals surface area contributed by atoms with Crippen molar-refractivity contribution >= 4 is 12.0 Å². The number of carbonyl (C=O) groups is 1. The lowest BCUT2D eigenvalue weighted by molar-refractivity contribution is 0.0535. The maximum Gasteiger partial charge on any atom is 0.338 e. The average molecular weight is 278 g/mol. The van der Waals surface area contributed by atoms with Gasteiger partial charge in [-0.1, -0.05) is 6.07 Å². The van der Waals surface area contributed by atoms with Gasteiger partial charge in [0.2, 0.25) is 17.0 Å². The van der Waals surface area contributed by atoms with Crippen molar-refractivity contribution in [2.75, 3.05) is 0 Å². The van der Waals surface area contributed by atoms with Gasteiger partial charge < -0.3 is 18.9 Å². The van der Waals surface area contributed by atoms with Gasteiger partial charge in [-0.15, -0.1) is 0 Å². The number of benzene rings is 1. The van der Waals surface area contributed by atoms with Crippen LogP contribution in [0.25, 0.3) is 6.08 Å². The number of esters is 1. The Morgan fingerprint density at radius 1 is 1.19 bits per heavy atom. The zero-order valence-corrected chi connectivity index (χ0v) is 10.6. The quantitative estimate of drug-likeness (QED) is 0.535. The first-order valence-corrected chi connectivity index (χ1v) is 6.84.